The molecule has 6 atom stereocenters. The van der Waals surface area contributed by atoms with Gasteiger partial charge in [0.25, 0.3) is 0 Å². The zero-order valence-electron chi connectivity index (χ0n) is 11.6. The van der Waals surface area contributed by atoms with Gasteiger partial charge in [-0.15, -0.1) is 0 Å². The van der Waals surface area contributed by atoms with Crippen molar-refractivity contribution in [3.8, 4) is 11.5 Å². The molecule has 5 N–H and O–H groups in total. The Kier molecular flexibility index (Phi) is 4.22. The van der Waals surface area contributed by atoms with Crippen LogP contribution in [-0.4, -0.2) is 69.5 Å². The van der Waals surface area contributed by atoms with Gasteiger partial charge in [0.2, 0.25) is 0 Å². The normalized spacial score (nSPS) is 38.5. The van der Waals surface area contributed by atoms with Gasteiger partial charge in [-0.3, -0.25) is 0 Å². The molecule has 0 bridgehead atoms. The summed E-state index contributed by atoms with van der Waals surface area (Å²) in [6, 6.07) is 4.23. The summed E-state index contributed by atoms with van der Waals surface area (Å²) >= 11 is 0. The van der Waals surface area contributed by atoms with E-state index in [2.05, 4.69) is 0 Å². The lowest BCUT2D eigenvalue weighted by molar-refractivity contribution is -0.350. The summed E-state index contributed by atoms with van der Waals surface area (Å²) in [4.78, 5) is 0. The quantitative estimate of drug-likeness (QED) is 0.439. The summed E-state index contributed by atoms with van der Waals surface area (Å²) in [5.74, 6) is -0.537. The van der Waals surface area contributed by atoms with Crippen LogP contribution in [0.2, 0.25) is 0 Å². The molecule has 0 unspecified atom stereocenters. The van der Waals surface area contributed by atoms with Crippen LogP contribution in [-0.2, 0) is 14.2 Å². The number of benzene rings is 1. The molecular formula is C14H18O8. The Balaban J connectivity index is 1.76. The second-order valence-corrected chi connectivity index (χ2v) is 5.38. The summed E-state index contributed by atoms with van der Waals surface area (Å²) in [5.41, 5.74) is 0.555. The maximum absolute atomic E-state index is 10.1. The minimum Gasteiger partial charge on any atom is -0.504 e. The Morgan fingerprint density at radius 2 is 1.82 bits per heavy atom. The Hall–Kier alpha value is -1.42. The highest BCUT2D eigenvalue weighted by Gasteiger charge is 2.48. The first-order valence-corrected chi connectivity index (χ1v) is 6.92. The van der Waals surface area contributed by atoms with E-state index < -0.39 is 43.4 Å². The molecule has 2 saturated heterocycles. The van der Waals surface area contributed by atoms with E-state index in [1.165, 1.54) is 12.1 Å². The minimum atomic E-state index is -1.29. The Morgan fingerprint density at radius 3 is 2.50 bits per heavy atom. The van der Waals surface area contributed by atoms with E-state index in [0.717, 1.165) is 0 Å². The highest BCUT2D eigenvalue weighted by Crippen LogP contribution is 2.36. The molecule has 0 aliphatic carbocycles. The maximum atomic E-state index is 10.1. The molecule has 8 heteroatoms. The number of fused-ring (bicyclic) bond motifs is 1. The maximum Gasteiger partial charge on any atom is 0.187 e. The molecule has 22 heavy (non-hydrogen) atoms. The molecule has 2 heterocycles. The van der Waals surface area contributed by atoms with Crippen LogP contribution in [0.15, 0.2) is 18.2 Å². The van der Waals surface area contributed by atoms with Gasteiger partial charge < -0.3 is 39.7 Å². The number of phenolic OH excluding ortho intramolecular Hbond substituents is 2. The molecule has 1 aromatic rings. The lowest BCUT2D eigenvalue weighted by Crippen LogP contribution is -2.62. The molecule has 122 valence electrons. The Bertz CT molecular complexity index is 534. The van der Waals surface area contributed by atoms with Crippen LogP contribution in [0.3, 0.4) is 0 Å². The fourth-order valence-electron chi connectivity index (χ4n) is 2.66. The SMILES string of the molecule is OC[C@H]1O[C@@H]2OC[C@@H](c3ccc(O)c(O)c3)O[C@@H]2[C@@H](O)[C@@H]1O. The van der Waals surface area contributed by atoms with Crippen LogP contribution in [0.5, 0.6) is 11.5 Å². The summed E-state index contributed by atoms with van der Waals surface area (Å²) in [6.07, 6.45) is -5.91. The number of hydrogen-bond acceptors (Lipinski definition) is 8. The zero-order chi connectivity index (χ0) is 15.9. The van der Waals surface area contributed by atoms with E-state index >= 15 is 0 Å². The van der Waals surface area contributed by atoms with Crippen molar-refractivity contribution in [1.29, 1.82) is 0 Å². The summed E-state index contributed by atoms with van der Waals surface area (Å²) in [7, 11) is 0. The van der Waals surface area contributed by atoms with Crippen molar-refractivity contribution in [3.63, 3.8) is 0 Å². The molecule has 8 nitrogen and oxygen atoms in total. The average Bonchev–Trinajstić information content (AvgIpc) is 2.53. The Labute approximate surface area is 126 Å². The summed E-state index contributed by atoms with van der Waals surface area (Å²) in [5, 5.41) is 47.9. The number of phenols is 2. The average molecular weight is 314 g/mol. The third-order valence-corrected chi connectivity index (χ3v) is 3.93. The van der Waals surface area contributed by atoms with E-state index in [1.807, 2.05) is 0 Å². The molecule has 3 rings (SSSR count). The predicted molar refractivity (Wildman–Crippen MR) is 71.1 cm³/mol. The summed E-state index contributed by atoms with van der Waals surface area (Å²) < 4.78 is 16.6. The van der Waals surface area contributed by atoms with Crippen LogP contribution < -0.4 is 0 Å². The topological polar surface area (TPSA) is 129 Å². The van der Waals surface area contributed by atoms with Crippen molar-refractivity contribution >= 4 is 0 Å². The van der Waals surface area contributed by atoms with Crippen molar-refractivity contribution in [2.75, 3.05) is 13.2 Å². The van der Waals surface area contributed by atoms with E-state index in [-0.39, 0.29) is 18.1 Å². The molecule has 2 aliphatic rings. The van der Waals surface area contributed by atoms with Crippen molar-refractivity contribution in [3.05, 3.63) is 23.8 Å². The first-order valence-electron chi connectivity index (χ1n) is 6.92. The van der Waals surface area contributed by atoms with E-state index in [9.17, 15) is 20.4 Å². The first-order chi connectivity index (χ1) is 10.5. The van der Waals surface area contributed by atoms with Crippen molar-refractivity contribution in [2.24, 2.45) is 0 Å². The largest absolute Gasteiger partial charge is 0.504 e. The van der Waals surface area contributed by atoms with Crippen LogP contribution in [0.1, 0.15) is 11.7 Å². The van der Waals surface area contributed by atoms with Crippen LogP contribution in [0.25, 0.3) is 0 Å². The van der Waals surface area contributed by atoms with Crippen molar-refractivity contribution in [1.82, 2.24) is 0 Å². The molecule has 0 saturated carbocycles. The van der Waals surface area contributed by atoms with Gasteiger partial charge in [-0.05, 0) is 17.7 Å². The van der Waals surface area contributed by atoms with Crippen molar-refractivity contribution < 1.29 is 39.7 Å². The monoisotopic (exact) mass is 314 g/mol. The molecular weight excluding hydrogens is 296 g/mol. The van der Waals surface area contributed by atoms with Gasteiger partial charge in [0.05, 0.1) is 13.2 Å². The van der Waals surface area contributed by atoms with Gasteiger partial charge in [-0.1, -0.05) is 6.07 Å². The molecule has 1 aromatic carbocycles. The van der Waals surface area contributed by atoms with E-state index in [0.29, 0.717) is 5.56 Å². The second kappa shape index (κ2) is 5.99. The smallest absolute Gasteiger partial charge is 0.187 e. The van der Waals surface area contributed by atoms with Gasteiger partial charge >= 0.3 is 0 Å². The van der Waals surface area contributed by atoms with Crippen LogP contribution in [0.4, 0.5) is 0 Å². The van der Waals surface area contributed by atoms with Gasteiger partial charge in [-0.2, -0.15) is 0 Å². The molecule has 2 fully saturated rings. The number of aliphatic hydroxyl groups excluding tert-OH is 3. The lowest BCUT2D eigenvalue weighted by Gasteiger charge is -2.46. The van der Waals surface area contributed by atoms with Gasteiger partial charge in [-0.25, -0.2) is 0 Å². The van der Waals surface area contributed by atoms with Gasteiger partial charge in [0.1, 0.15) is 30.5 Å². The van der Waals surface area contributed by atoms with Crippen LogP contribution >= 0.6 is 0 Å². The molecule has 0 amide bonds. The summed E-state index contributed by atoms with van der Waals surface area (Å²) in [6.45, 7) is -0.341. The number of hydrogen-bond donors (Lipinski definition) is 5. The van der Waals surface area contributed by atoms with Crippen LogP contribution in [0, 0.1) is 0 Å². The zero-order valence-corrected chi connectivity index (χ0v) is 11.6. The highest BCUT2D eigenvalue weighted by atomic mass is 16.7. The number of rotatable bonds is 2. The first kappa shape index (κ1) is 15.5. The van der Waals surface area contributed by atoms with Gasteiger partial charge in [0, 0.05) is 0 Å². The lowest BCUT2D eigenvalue weighted by atomic mass is 9.97. The third-order valence-electron chi connectivity index (χ3n) is 3.93. The fourth-order valence-corrected chi connectivity index (χ4v) is 2.66. The molecule has 0 radical (unpaired) electrons. The molecule has 0 spiro atoms. The van der Waals surface area contributed by atoms with Crippen molar-refractivity contribution in [2.45, 2.75) is 36.8 Å². The number of aromatic hydroxyl groups is 2. The fraction of sp³-hybridized carbons (Fsp3) is 0.571. The van der Waals surface area contributed by atoms with E-state index in [1.54, 1.807) is 6.07 Å². The molecule has 2 aliphatic heterocycles. The molecule has 0 aromatic heterocycles. The number of ether oxygens (including phenoxy) is 3. The minimum absolute atomic E-state index is 0.104. The third kappa shape index (κ3) is 2.65. The second-order valence-electron chi connectivity index (χ2n) is 5.38. The predicted octanol–water partition coefficient (Wildman–Crippen LogP) is -1.01. The number of aliphatic hydroxyl groups is 3. The highest BCUT2D eigenvalue weighted by molar-refractivity contribution is 5.41. The van der Waals surface area contributed by atoms with Gasteiger partial charge in [0.15, 0.2) is 17.8 Å². The standard InChI is InChI=1S/C14H18O8/c15-4-9-11(18)12(19)13-14(22-9)20-5-10(21-13)6-1-2-7(16)8(17)3-6/h1-3,9-19H,4-5H2/t9-,10+,11-,12+,13-,14+/m1/s1. The van der Waals surface area contributed by atoms with E-state index in [4.69, 9.17) is 19.3 Å². The Morgan fingerprint density at radius 1 is 1.05 bits per heavy atom.